The van der Waals surface area contributed by atoms with Crippen LogP contribution in [-0.4, -0.2) is 20.7 Å². The van der Waals surface area contributed by atoms with Gasteiger partial charge in [-0.25, -0.2) is 0 Å². The van der Waals surface area contributed by atoms with Gasteiger partial charge in [-0.3, -0.25) is 14.5 Å². The van der Waals surface area contributed by atoms with Gasteiger partial charge in [-0.1, -0.05) is 23.7 Å². The number of rotatable bonds is 5. The van der Waals surface area contributed by atoms with E-state index in [-0.39, 0.29) is 11.9 Å². The predicted molar refractivity (Wildman–Crippen MR) is 113 cm³/mol. The molecule has 0 spiro atoms. The highest BCUT2D eigenvalue weighted by atomic mass is 35.5. The maximum atomic E-state index is 12.8. The molecular weight excluding hydrogens is 392 g/mol. The molecule has 4 aromatic rings. The van der Waals surface area contributed by atoms with Gasteiger partial charge >= 0.3 is 0 Å². The third-order valence-electron chi connectivity index (χ3n) is 4.63. The Labute approximate surface area is 172 Å². The summed E-state index contributed by atoms with van der Waals surface area (Å²) < 4.78 is 1.95. The number of fused-ring (bicyclic) bond motifs is 1. The Bertz CT molecular complexity index is 1120. The number of carbonyl (C=O) groups excluding carboxylic acids is 1. The molecule has 1 N–H and O–H groups in total. The van der Waals surface area contributed by atoms with E-state index in [0.717, 1.165) is 27.0 Å². The molecule has 4 rings (SSSR count). The second-order valence-corrected chi connectivity index (χ2v) is 8.14. The minimum Gasteiger partial charge on any atom is -0.345 e. The smallest absolute Gasteiger partial charge is 0.261 e. The molecule has 142 valence electrons. The predicted octanol–water partition coefficient (Wildman–Crippen LogP) is 4.99. The van der Waals surface area contributed by atoms with Crippen LogP contribution in [0.1, 0.15) is 39.5 Å². The van der Waals surface area contributed by atoms with Gasteiger partial charge in [-0.05, 0) is 55.3 Å². The van der Waals surface area contributed by atoms with Crippen LogP contribution in [0.2, 0.25) is 5.02 Å². The SMILES string of the molecule is Cc1nn(Cc2ccc(Cl)cc2)c2sc(C(=O)NC(C)c3ccncc3)cc12. The lowest BCUT2D eigenvalue weighted by molar-refractivity contribution is 0.0944. The molecule has 5 nitrogen and oxygen atoms in total. The zero-order chi connectivity index (χ0) is 19.7. The Morgan fingerprint density at radius 2 is 1.93 bits per heavy atom. The number of hydrogen-bond acceptors (Lipinski definition) is 4. The molecule has 0 radical (unpaired) electrons. The van der Waals surface area contributed by atoms with Crippen LogP contribution in [0.15, 0.2) is 54.9 Å². The number of aryl methyl sites for hydroxylation is 1. The molecule has 0 fully saturated rings. The molecule has 3 heterocycles. The third kappa shape index (κ3) is 3.79. The molecule has 1 aromatic carbocycles. The lowest BCUT2D eigenvalue weighted by atomic mass is 10.1. The largest absolute Gasteiger partial charge is 0.345 e. The number of halogens is 1. The van der Waals surface area contributed by atoms with Gasteiger partial charge in [-0.2, -0.15) is 5.10 Å². The van der Waals surface area contributed by atoms with Gasteiger partial charge in [0.05, 0.1) is 23.2 Å². The number of pyridine rings is 1. The minimum absolute atomic E-state index is 0.0806. The van der Waals surface area contributed by atoms with E-state index in [2.05, 4.69) is 15.4 Å². The summed E-state index contributed by atoms with van der Waals surface area (Å²) in [5.41, 5.74) is 3.05. The quantitative estimate of drug-likeness (QED) is 0.504. The minimum atomic E-state index is -0.0904. The molecule has 0 bridgehead atoms. The fourth-order valence-corrected chi connectivity index (χ4v) is 4.29. The van der Waals surface area contributed by atoms with Gasteiger partial charge in [-0.15, -0.1) is 11.3 Å². The first-order valence-corrected chi connectivity index (χ1v) is 10.1. The molecular formula is C21H19ClN4OS. The van der Waals surface area contributed by atoms with Gasteiger partial charge in [0.15, 0.2) is 0 Å². The first-order chi connectivity index (χ1) is 13.5. The Kier molecular flexibility index (Phi) is 5.15. The number of nitrogens with zero attached hydrogens (tertiary/aromatic N) is 3. The molecule has 1 atom stereocenters. The molecule has 0 saturated heterocycles. The van der Waals surface area contributed by atoms with Crippen LogP contribution in [0.4, 0.5) is 0 Å². The lowest BCUT2D eigenvalue weighted by Crippen LogP contribution is -2.25. The van der Waals surface area contributed by atoms with E-state index in [1.54, 1.807) is 12.4 Å². The second kappa shape index (κ2) is 7.73. The molecule has 1 amide bonds. The normalized spacial score (nSPS) is 12.2. The standard InChI is InChI=1S/C21H19ClN4OS/c1-13(16-7-9-23-10-8-16)24-20(27)19-11-18-14(2)25-26(21(18)28-19)12-15-3-5-17(22)6-4-15/h3-11,13H,12H2,1-2H3,(H,24,27). The summed E-state index contributed by atoms with van der Waals surface area (Å²) in [5, 5.41) is 9.42. The summed E-state index contributed by atoms with van der Waals surface area (Å²) in [7, 11) is 0. The summed E-state index contributed by atoms with van der Waals surface area (Å²) >= 11 is 7.43. The van der Waals surface area contributed by atoms with Crippen molar-refractivity contribution in [2.75, 3.05) is 0 Å². The summed E-state index contributed by atoms with van der Waals surface area (Å²) in [6, 6.07) is 13.4. The molecule has 1 unspecified atom stereocenters. The van der Waals surface area contributed by atoms with Crippen molar-refractivity contribution in [3.8, 4) is 0 Å². The zero-order valence-electron chi connectivity index (χ0n) is 15.5. The van der Waals surface area contributed by atoms with Crippen LogP contribution in [0.3, 0.4) is 0 Å². The van der Waals surface area contributed by atoms with Gasteiger partial charge in [0.1, 0.15) is 4.83 Å². The van der Waals surface area contributed by atoms with E-state index in [9.17, 15) is 4.79 Å². The van der Waals surface area contributed by atoms with Crippen molar-refractivity contribution < 1.29 is 4.79 Å². The fraction of sp³-hybridized carbons (Fsp3) is 0.190. The first kappa shape index (κ1) is 18.7. The monoisotopic (exact) mass is 410 g/mol. The number of aromatic nitrogens is 3. The highest BCUT2D eigenvalue weighted by Crippen LogP contribution is 2.29. The zero-order valence-corrected chi connectivity index (χ0v) is 17.1. The summed E-state index contributed by atoms with van der Waals surface area (Å²) in [6.07, 6.45) is 3.46. The van der Waals surface area contributed by atoms with E-state index >= 15 is 0 Å². The number of nitrogens with one attached hydrogen (secondary N) is 1. The summed E-state index contributed by atoms with van der Waals surface area (Å²) in [5.74, 6) is -0.0806. The van der Waals surface area contributed by atoms with Crippen LogP contribution < -0.4 is 5.32 Å². The maximum absolute atomic E-state index is 12.8. The lowest BCUT2D eigenvalue weighted by Gasteiger charge is -2.13. The van der Waals surface area contributed by atoms with Crippen LogP contribution >= 0.6 is 22.9 Å². The van der Waals surface area contributed by atoms with Crippen molar-refractivity contribution in [1.29, 1.82) is 0 Å². The van der Waals surface area contributed by atoms with E-state index in [1.807, 2.05) is 61.0 Å². The third-order valence-corrected chi connectivity index (χ3v) is 6.03. The number of hydrogen-bond donors (Lipinski definition) is 1. The van der Waals surface area contributed by atoms with Crippen LogP contribution in [0.25, 0.3) is 10.2 Å². The van der Waals surface area contributed by atoms with Gasteiger partial charge < -0.3 is 5.32 Å². The Balaban J connectivity index is 1.57. The van der Waals surface area contributed by atoms with E-state index < -0.39 is 0 Å². The Hall–Kier alpha value is -2.70. The Morgan fingerprint density at radius 3 is 2.64 bits per heavy atom. The number of carbonyl (C=O) groups is 1. The van der Waals surface area contributed by atoms with Crippen molar-refractivity contribution in [1.82, 2.24) is 20.1 Å². The van der Waals surface area contributed by atoms with Crippen LogP contribution in [-0.2, 0) is 6.54 Å². The molecule has 0 aliphatic rings. The van der Waals surface area contributed by atoms with E-state index in [4.69, 9.17) is 11.6 Å². The molecule has 0 aliphatic carbocycles. The average molecular weight is 411 g/mol. The van der Waals surface area contributed by atoms with Crippen LogP contribution in [0.5, 0.6) is 0 Å². The second-order valence-electron chi connectivity index (χ2n) is 6.67. The van der Waals surface area contributed by atoms with Gasteiger partial charge in [0, 0.05) is 22.8 Å². The van der Waals surface area contributed by atoms with E-state index in [1.165, 1.54) is 11.3 Å². The van der Waals surface area contributed by atoms with Crippen molar-refractivity contribution >= 4 is 39.1 Å². The summed E-state index contributed by atoms with van der Waals surface area (Å²) in [6.45, 7) is 4.57. The van der Waals surface area contributed by atoms with Gasteiger partial charge in [0.25, 0.3) is 5.91 Å². The molecule has 0 saturated carbocycles. The summed E-state index contributed by atoms with van der Waals surface area (Å²) in [4.78, 5) is 18.4. The van der Waals surface area contributed by atoms with E-state index in [0.29, 0.717) is 16.4 Å². The molecule has 28 heavy (non-hydrogen) atoms. The van der Waals surface area contributed by atoms with Crippen LogP contribution in [0, 0.1) is 6.92 Å². The van der Waals surface area contributed by atoms with Crippen molar-refractivity contribution in [3.63, 3.8) is 0 Å². The fourth-order valence-electron chi connectivity index (χ4n) is 3.10. The van der Waals surface area contributed by atoms with Crippen molar-refractivity contribution in [2.24, 2.45) is 0 Å². The first-order valence-electron chi connectivity index (χ1n) is 8.93. The molecule has 0 aliphatic heterocycles. The van der Waals surface area contributed by atoms with Crippen molar-refractivity contribution in [3.05, 3.63) is 81.6 Å². The highest BCUT2D eigenvalue weighted by Gasteiger charge is 2.18. The highest BCUT2D eigenvalue weighted by molar-refractivity contribution is 7.20. The topological polar surface area (TPSA) is 59.8 Å². The van der Waals surface area contributed by atoms with Gasteiger partial charge in [0.2, 0.25) is 0 Å². The molecule has 3 aromatic heterocycles. The maximum Gasteiger partial charge on any atom is 0.261 e. The number of thiophene rings is 1. The average Bonchev–Trinajstić information content (AvgIpc) is 3.26. The number of benzene rings is 1. The number of amides is 1. The Morgan fingerprint density at radius 1 is 1.21 bits per heavy atom. The van der Waals surface area contributed by atoms with Crippen molar-refractivity contribution in [2.45, 2.75) is 26.4 Å². The molecule has 7 heteroatoms.